The standard InChI is InChI=1S/C8H10F2N2O3/c1-13-4-3-5(15-8(9)10)7(14-2)12-6(4)11/h3,8H,1-2H3,(H2,11,12). The summed E-state index contributed by atoms with van der Waals surface area (Å²) >= 11 is 0. The van der Waals surface area contributed by atoms with Crippen LogP contribution in [0.2, 0.25) is 0 Å². The SMILES string of the molecule is COc1cc(OC(F)F)c(OC)nc1N. The summed E-state index contributed by atoms with van der Waals surface area (Å²) in [4.78, 5) is 3.69. The molecule has 1 aromatic rings. The summed E-state index contributed by atoms with van der Waals surface area (Å²) in [7, 11) is 2.61. The van der Waals surface area contributed by atoms with Gasteiger partial charge in [-0.15, -0.1) is 0 Å². The molecule has 0 fully saturated rings. The largest absolute Gasteiger partial charge is 0.493 e. The van der Waals surface area contributed by atoms with Gasteiger partial charge in [-0.1, -0.05) is 0 Å². The molecular formula is C8H10F2N2O3. The molecule has 0 bridgehead atoms. The van der Waals surface area contributed by atoms with Crippen LogP contribution in [0.15, 0.2) is 6.07 Å². The van der Waals surface area contributed by atoms with Gasteiger partial charge in [0.05, 0.1) is 14.2 Å². The van der Waals surface area contributed by atoms with Crippen LogP contribution in [0.4, 0.5) is 14.6 Å². The number of anilines is 1. The van der Waals surface area contributed by atoms with Crippen LogP contribution < -0.4 is 19.9 Å². The van der Waals surface area contributed by atoms with E-state index in [2.05, 4.69) is 9.72 Å². The van der Waals surface area contributed by atoms with Gasteiger partial charge in [0.25, 0.3) is 5.88 Å². The summed E-state index contributed by atoms with van der Waals surface area (Å²) in [6, 6.07) is 1.19. The number of hydrogen-bond donors (Lipinski definition) is 1. The Balaban J connectivity index is 3.10. The summed E-state index contributed by atoms with van der Waals surface area (Å²) in [6.07, 6.45) is 0. The highest BCUT2D eigenvalue weighted by atomic mass is 19.3. The van der Waals surface area contributed by atoms with Crippen LogP contribution in [0.25, 0.3) is 0 Å². The van der Waals surface area contributed by atoms with Gasteiger partial charge in [-0.05, 0) is 0 Å². The van der Waals surface area contributed by atoms with E-state index in [-0.39, 0.29) is 23.2 Å². The number of alkyl halides is 2. The minimum Gasteiger partial charge on any atom is -0.493 e. The Bertz CT molecular complexity index is 347. The summed E-state index contributed by atoms with van der Waals surface area (Å²) in [5.41, 5.74) is 5.45. The monoisotopic (exact) mass is 220 g/mol. The maximum atomic E-state index is 12.0. The average molecular weight is 220 g/mol. The number of halogens is 2. The van der Waals surface area contributed by atoms with Crippen molar-refractivity contribution in [3.05, 3.63) is 6.07 Å². The van der Waals surface area contributed by atoms with E-state index >= 15 is 0 Å². The lowest BCUT2D eigenvalue weighted by Gasteiger charge is -2.11. The first-order chi connectivity index (χ1) is 7.08. The molecule has 0 aliphatic heterocycles. The lowest BCUT2D eigenvalue weighted by atomic mass is 10.4. The van der Waals surface area contributed by atoms with Crippen LogP contribution >= 0.6 is 0 Å². The summed E-state index contributed by atoms with van der Waals surface area (Å²) in [6.45, 7) is -2.96. The van der Waals surface area contributed by atoms with Crippen molar-refractivity contribution in [1.82, 2.24) is 4.98 Å². The number of rotatable bonds is 4. The average Bonchev–Trinajstić information content (AvgIpc) is 2.19. The Morgan fingerprint density at radius 3 is 2.40 bits per heavy atom. The molecule has 7 heteroatoms. The minimum atomic E-state index is -2.96. The molecule has 1 aromatic heterocycles. The Labute approximate surface area is 84.8 Å². The molecule has 84 valence electrons. The minimum absolute atomic E-state index is 0.0379. The predicted octanol–water partition coefficient (Wildman–Crippen LogP) is 1.28. The van der Waals surface area contributed by atoms with Gasteiger partial charge in [0.15, 0.2) is 17.3 Å². The first kappa shape index (κ1) is 11.3. The maximum Gasteiger partial charge on any atom is 0.387 e. The lowest BCUT2D eigenvalue weighted by molar-refractivity contribution is -0.0516. The normalized spacial score (nSPS) is 10.2. The van der Waals surface area contributed by atoms with E-state index in [4.69, 9.17) is 15.2 Å². The molecule has 0 spiro atoms. The van der Waals surface area contributed by atoms with Crippen molar-refractivity contribution in [2.45, 2.75) is 6.61 Å². The van der Waals surface area contributed by atoms with Crippen LogP contribution in [-0.4, -0.2) is 25.8 Å². The molecule has 5 nitrogen and oxygen atoms in total. The van der Waals surface area contributed by atoms with Gasteiger partial charge >= 0.3 is 6.61 Å². The third-order valence-corrected chi connectivity index (χ3v) is 1.58. The second-order valence-electron chi connectivity index (χ2n) is 2.46. The molecule has 0 unspecified atom stereocenters. The van der Waals surface area contributed by atoms with Crippen molar-refractivity contribution in [1.29, 1.82) is 0 Å². The lowest BCUT2D eigenvalue weighted by Crippen LogP contribution is -2.06. The molecule has 0 saturated heterocycles. The van der Waals surface area contributed by atoms with E-state index in [0.717, 1.165) is 0 Å². The van der Waals surface area contributed by atoms with E-state index < -0.39 is 6.61 Å². The van der Waals surface area contributed by atoms with Crippen molar-refractivity contribution < 1.29 is 23.0 Å². The molecule has 1 rings (SSSR count). The number of methoxy groups -OCH3 is 2. The number of pyridine rings is 1. The first-order valence-corrected chi connectivity index (χ1v) is 3.91. The zero-order chi connectivity index (χ0) is 11.4. The Kier molecular flexibility index (Phi) is 3.48. The molecule has 0 saturated carbocycles. The van der Waals surface area contributed by atoms with Gasteiger partial charge in [0.2, 0.25) is 0 Å². The second-order valence-corrected chi connectivity index (χ2v) is 2.46. The molecule has 0 aromatic carbocycles. The van der Waals surface area contributed by atoms with Crippen molar-refractivity contribution in [3.63, 3.8) is 0 Å². The van der Waals surface area contributed by atoms with Crippen LogP contribution in [-0.2, 0) is 0 Å². The molecule has 0 radical (unpaired) electrons. The maximum absolute atomic E-state index is 12.0. The molecule has 0 amide bonds. The number of ether oxygens (including phenoxy) is 3. The molecular weight excluding hydrogens is 210 g/mol. The second kappa shape index (κ2) is 4.63. The van der Waals surface area contributed by atoms with Crippen LogP contribution in [0.1, 0.15) is 0 Å². The van der Waals surface area contributed by atoms with E-state index in [9.17, 15) is 8.78 Å². The molecule has 0 atom stereocenters. The number of aromatic nitrogens is 1. The van der Waals surface area contributed by atoms with E-state index in [1.54, 1.807) is 0 Å². The molecule has 15 heavy (non-hydrogen) atoms. The summed E-state index contributed by atoms with van der Waals surface area (Å²) in [5, 5.41) is 0. The summed E-state index contributed by atoms with van der Waals surface area (Å²) in [5.74, 6) is -0.158. The van der Waals surface area contributed by atoms with Crippen molar-refractivity contribution >= 4 is 5.82 Å². The zero-order valence-electron chi connectivity index (χ0n) is 8.16. The number of hydrogen-bond acceptors (Lipinski definition) is 5. The molecule has 1 heterocycles. The predicted molar refractivity (Wildman–Crippen MR) is 48.4 cm³/mol. The summed E-state index contributed by atoms with van der Waals surface area (Å²) < 4.78 is 37.7. The van der Waals surface area contributed by atoms with Gasteiger partial charge in [0.1, 0.15) is 0 Å². The van der Waals surface area contributed by atoms with Crippen molar-refractivity contribution in [2.75, 3.05) is 20.0 Å². The van der Waals surface area contributed by atoms with Crippen LogP contribution in [0.3, 0.4) is 0 Å². The van der Waals surface area contributed by atoms with Crippen molar-refractivity contribution in [2.24, 2.45) is 0 Å². The van der Waals surface area contributed by atoms with E-state index in [0.29, 0.717) is 0 Å². The van der Waals surface area contributed by atoms with E-state index in [1.165, 1.54) is 20.3 Å². The van der Waals surface area contributed by atoms with Gasteiger partial charge in [-0.2, -0.15) is 13.8 Å². The Morgan fingerprint density at radius 2 is 1.93 bits per heavy atom. The number of nitrogens with zero attached hydrogens (tertiary/aromatic N) is 1. The third-order valence-electron chi connectivity index (χ3n) is 1.58. The fourth-order valence-electron chi connectivity index (χ4n) is 0.964. The smallest absolute Gasteiger partial charge is 0.387 e. The fourth-order valence-corrected chi connectivity index (χ4v) is 0.964. The zero-order valence-corrected chi connectivity index (χ0v) is 8.16. The van der Waals surface area contributed by atoms with Gasteiger partial charge in [-0.3, -0.25) is 0 Å². The number of nitrogens with two attached hydrogens (primary N) is 1. The van der Waals surface area contributed by atoms with E-state index in [1.807, 2.05) is 0 Å². The highest BCUT2D eigenvalue weighted by Gasteiger charge is 2.15. The highest BCUT2D eigenvalue weighted by molar-refractivity contribution is 5.53. The fraction of sp³-hybridized carbons (Fsp3) is 0.375. The van der Waals surface area contributed by atoms with Gasteiger partial charge in [-0.25, -0.2) is 0 Å². The van der Waals surface area contributed by atoms with Crippen molar-refractivity contribution in [3.8, 4) is 17.4 Å². The molecule has 0 aliphatic carbocycles. The molecule has 0 aliphatic rings. The van der Waals surface area contributed by atoms with Crippen LogP contribution in [0.5, 0.6) is 17.4 Å². The van der Waals surface area contributed by atoms with Gasteiger partial charge in [0, 0.05) is 6.07 Å². The quantitative estimate of drug-likeness (QED) is 0.827. The Morgan fingerprint density at radius 1 is 1.27 bits per heavy atom. The van der Waals surface area contributed by atoms with Crippen LogP contribution in [0, 0.1) is 0 Å². The topological polar surface area (TPSA) is 66.6 Å². The first-order valence-electron chi connectivity index (χ1n) is 3.91. The Hall–Kier alpha value is -1.79. The number of nitrogen functional groups attached to an aromatic ring is 1. The van der Waals surface area contributed by atoms with Gasteiger partial charge < -0.3 is 19.9 Å². The molecule has 2 N–H and O–H groups in total. The third kappa shape index (κ3) is 2.58. The highest BCUT2D eigenvalue weighted by Crippen LogP contribution is 2.33.